The molecule has 1 heterocycles. The Labute approximate surface area is 192 Å². The molecular formula is C28H34N2O2. The topological polar surface area (TPSA) is 24.9 Å². The largest absolute Gasteiger partial charge is 0.493 e. The van der Waals surface area contributed by atoms with Crippen LogP contribution in [0.15, 0.2) is 60.8 Å². The van der Waals surface area contributed by atoms with E-state index in [9.17, 15) is 0 Å². The first kappa shape index (κ1) is 22.2. The number of fused-ring (bicyclic) bond motifs is 2. The van der Waals surface area contributed by atoms with Crippen molar-refractivity contribution in [1.29, 1.82) is 0 Å². The summed E-state index contributed by atoms with van der Waals surface area (Å²) in [7, 11) is 5.63. The van der Waals surface area contributed by atoms with Gasteiger partial charge in [0.25, 0.3) is 0 Å². The monoisotopic (exact) mass is 430 g/mol. The van der Waals surface area contributed by atoms with Crippen LogP contribution < -0.4 is 9.47 Å². The second kappa shape index (κ2) is 9.66. The molecule has 0 amide bonds. The highest BCUT2D eigenvalue weighted by Gasteiger charge is 2.26. The van der Waals surface area contributed by atoms with Gasteiger partial charge in [0.15, 0.2) is 11.5 Å². The van der Waals surface area contributed by atoms with E-state index in [0.29, 0.717) is 12.2 Å². The molecule has 3 aromatic carbocycles. The molecule has 1 aliphatic heterocycles. The van der Waals surface area contributed by atoms with Crippen LogP contribution in [-0.2, 0) is 6.42 Å². The van der Waals surface area contributed by atoms with Crippen LogP contribution in [0.4, 0.5) is 0 Å². The van der Waals surface area contributed by atoms with Gasteiger partial charge in [-0.15, -0.1) is 0 Å². The zero-order chi connectivity index (χ0) is 22.7. The third-order valence-electron chi connectivity index (χ3n) is 6.83. The zero-order valence-corrected chi connectivity index (χ0v) is 19.8. The molecule has 3 aromatic rings. The van der Waals surface area contributed by atoms with Crippen molar-refractivity contribution in [2.24, 2.45) is 0 Å². The van der Waals surface area contributed by atoms with E-state index in [-0.39, 0.29) is 0 Å². The fourth-order valence-corrected chi connectivity index (χ4v) is 4.91. The Hall–Kier alpha value is -2.98. The summed E-state index contributed by atoms with van der Waals surface area (Å²) in [5, 5.41) is 2.63. The van der Waals surface area contributed by atoms with E-state index in [1.54, 1.807) is 14.2 Å². The second-order valence-corrected chi connectivity index (χ2v) is 8.51. The predicted molar refractivity (Wildman–Crippen MR) is 133 cm³/mol. The van der Waals surface area contributed by atoms with Gasteiger partial charge in [0.1, 0.15) is 0 Å². The van der Waals surface area contributed by atoms with Gasteiger partial charge in [0.2, 0.25) is 0 Å². The average Bonchev–Trinajstić information content (AvgIpc) is 3.04. The predicted octanol–water partition coefficient (Wildman–Crippen LogP) is 6.11. The van der Waals surface area contributed by atoms with E-state index in [2.05, 4.69) is 97.6 Å². The lowest BCUT2D eigenvalue weighted by molar-refractivity contribution is 0.0671. The minimum Gasteiger partial charge on any atom is -0.493 e. The third kappa shape index (κ3) is 4.20. The number of benzene rings is 3. The fourth-order valence-electron chi connectivity index (χ4n) is 4.91. The van der Waals surface area contributed by atoms with Crippen molar-refractivity contribution in [3.63, 3.8) is 0 Å². The lowest BCUT2D eigenvalue weighted by Gasteiger charge is -2.40. The third-order valence-corrected chi connectivity index (χ3v) is 6.83. The van der Waals surface area contributed by atoms with Crippen LogP contribution in [-0.4, -0.2) is 43.8 Å². The van der Waals surface area contributed by atoms with Gasteiger partial charge in [-0.2, -0.15) is 0 Å². The molecule has 1 aliphatic rings. The van der Waals surface area contributed by atoms with E-state index in [0.717, 1.165) is 30.9 Å². The highest BCUT2D eigenvalue weighted by molar-refractivity contribution is 5.86. The Kier molecular flexibility index (Phi) is 6.71. The normalized spacial score (nSPS) is 15.4. The van der Waals surface area contributed by atoms with Gasteiger partial charge in [-0.25, -0.2) is 0 Å². The molecule has 4 heteroatoms. The van der Waals surface area contributed by atoms with E-state index < -0.39 is 0 Å². The van der Waals surface area contributed by atoms with Crippen LogP contribution in [0, 0.1) is 0 Å². The first-order chi connectivity index (χ1) is 15.6. The molecule has 4 rings (SSSR count). The van der Waals surface area contributed by atoms with Crippen molar-refractivity contribution in [3.8, 4) is 11.5 Å². The van der Waals surface area contributed by atoms with Crippen LogP contribution in [0.3, 0.4) is 0 Å². The first-order valence-corrected chi connectivity index (χ1v) is 11.5. The standard InChI is InChI=1S/C28H34N2O2/c1-6-28(29(3)20(2)24-13-9-11-21-10-7-8-12-25(21)24)30-16-14-22-18-26(31-4)27(32-5)19-23(22)15-17-30/h7-14,16,18-20,28H,6,15,17H2,1-5H3. The van der Waals surface area contributed by atoms with Crippen LogP contribution in [0.25, 0.3) is 16.8 Å². The number of ether oxygens (including phenoxy) is 2. The molecule has 0 saturated heterocycles. The van der Waals surface area contributed by atoms with Crippen LogP contribution in [0.1, 0.15) is 43.0 Å². The summed E-state index contributed by atoms with van der Waals surface area (Å²) in [6, 6.07) is 19.8. The van der Waals surface area contributed by atoms with E-state index in [1.807, 2.05) is 0 Å². The smallest absolute Gasteiger partial charge is 0.161 e. The molecule has 4 nitrogen and oxygen atoms in total. The van der Waals surface area contributed by atoms with E-state index >= 15 is 0 Å². The van der Waals surface area contributed by atoms with Gasteiger partial charge in [-0.1, -0.05) is 49.4 Å². The first-order valence-electron chi connectivity index (χ1n) is 11.5. The highest BCUT2D eigenvalue weighted by Crippen LogP contribution is 2.34. The van der Waals surface area contributed by atoms with Crippen LogP contribution >= 0.6 is 0 Å². The van der Waals surface area contributed by atoms with Gasteiger partial charge in [0, 0.05) is 18.8 Å². The average molecular weight is 431 g/mol. The molecule has 2 unspecified atom stereocenters. The maximum absolute atomic E-state index is 5.52. The Morgan fingerprint density at radius 1 is 1.00 bits per heavy atom. The Balaban J connectivity index is 1.59. The molecule has 2 atom stereocenters. The van der Waals surface area contributed by atoms with E-state index in [1.165, 1.54) is 27.5 Å². The van der Waals surface area contributed by atoms with Gasteiger partial charge >= 0.3 is 0 Å². The number of hydrogen-bond acceptors (Lipinski definition) is 4. The molecule has 0 N–H and O–H groups in total. The number of nitrogens with zero attached hydrogens (tertiary/aromatic N) is 2. The zero-order valence-electron chi connectivity index (χ0n) is 19.8. The summed E-state index contributed by atoms with van der Waals surface area (Å²) in [5.41, 5.74) is 3.87. The molecule has 168 valence electrons. The van der Waals surface area contributed by atoms with Crippen molar-refractivity contribution in [2.45, 2.75) is 38.9 Å². The minimum atomic E-state index is 0.297. The minimum absolute atomic E-state index is 0.297. The SMILES string of the molecule is CCC(N1C=Cc2cc(OC)c(OC)cc2CC1)N(C)C(C)c1cccc2ccccc12. The summed E-state index contributed by atoms with van der Waals surface area (Å²) >= 11 is 0. The molecule has 0 bridgehead atoms. The highest BCUT2D eigenvalue weighted by atomic mass is 16.5. The molecule has 0 aliphatic carbocycles. The summed E-state index contributed by atoms with van der Waals surface area (Å²) in [5.74, 6) is 1.57. The molecule has 0 fully saturated rings. The van der Waals surface area contributed by atoms with Crippen molar-refractivity contribution in [1.82, 2.24) is 9.80 Å². The summed E-state index contributed by atoms with van der Waals surface area (Å²) < 4.78 is 11.0. The molecule has 0 spiro atoms. The molecule has 0 radical (unpaired) electrons. The second-order valence-electron chi connectivity index (χ2n) is 8.51. The van der Waals surface area contributed by atoms with Gasteiger partial charge < -0.3 is 14.4 Å². The lowest BCUT2D eigenvalue weighted by Crippen LogP contribution is -2.45. The maximum atomic E-state index is 5.52. The maximum Gasteiger partial charge on any atom is 0.161 e. The lowest BCUT2D eigenvalue weighted by atomic mass is 9.98. The molecular weight excluding hydrogens is 396 g/mol. The van der Waals surface area contributed by atoms with Gasteiger partial charge in [0.05, 0.1) is 20.4 Å². The van der Waals surface area contributed by atoms with Gasteiger partial charge in [-0.3, -0.25) is 4.90 Å². The molecule has 32 heavy (non-hydrogen) atoms. The summed E-state index contributed by atoms with van der Waals surface area (Å²) in [6.45, 7) is 5.55. The molecule has 0 aromatic heterocycles. The number of rotatable bonds is 7. The van der Waals surface area contributed by atoms with Crippen molar-refractivity contribution in [3.05, 3.63) is 77.5 Å². The number of hydrogen-bond donors (Lipinski definition) is 0. The Morgan fingerprint density at radius 2 is 1.72 bits per heavy atom. The van der Waals surface area contributed by atoms with Gasteiger partial charge in [-0.05, 0) is 72.5 Å². The Bertz CT molecular complexity index is 1100. The Morgan fingerprint density at radius 3 is 2.47 bits per heavy atom. The van der Waals surface area contributed by atoms with Crippen LogP contribution in [0.5, 0.6) is 11.5 Å². The van der Waals surface area contributed by atoms with Crippen molar-refractivity contribution < 1.29 is 9.47 Å². The van der Waals surface area contributed by atoms with Crippen molar-refractivity contribution >= 4 is 16.8 Å². The molecule has 0 saturated carbocycles. The van der Waals surface area contributed by atoms with Crippen LogP contribution in [0.2, 0.25) is 0 Å². The number of methoxy groups -OCH3 is 2. The summed E-state index contributed by atoms with van der Waals surface area (Å²) in [6.07, 6.45) is 6.77. The fraction of sp³-hybridized carbons (Fsp3) is 0.357. The summed E-state index contributed by atoms with van der Waals surface area (Å²) in [4.78, 5) is 4.98. The van der Waals surface area contributed by atoms with E-state index in [4.69, 9.17) is 9.47 Å². The quantitative estimate of drug-likeness (QED) is 0.451. The van der Waals surface area contributed by atoms with Crippen molar-refractivity contribution in [2.75, 3.05) is 27.8 Å².